The molecule has 0 aromatic carbocycles. The van der Waals surface area contributed by atoms with Crippen LogP contribution in [0.25, 0.3) is 15.9 Å². The fraction of sp³-hybridized carbons (Fsp3) is 0.389. The van der Waals surface area contributed by atoms with Gasteiger partial charge in [0, 0.05) is 12.2 Å². The maximum atomic E-state index is 12.8. The molecule has 4 rings (SSSR count). The number of pyridine rings is 1. The van der Waals surface area contributed by atoms with Crippen molar-refractivity contribution in [3.05, 3.63) is 45.7 Å². The number of rotatable bonds is 2. The highest BCUT2D eigenvalue weighted by atomic mass is 32.1. The van der Waals surface area contributed by atoms with Gasteiger partial charge in [-0.05, 0) is 42.3 Å². The predicted octanol–water partition coefficient (Wildman–Crippen LogP) is 3.22. The van der Waals surface area contributed by atoms with E-state index in [0.717, 1.165) is 19.3 Å². The smallest absolute Gasteiger partial charge is 0.275 e. The van der Waals surface area contributed by atoms with Crippen LogP contribution in [0.5, 0.6) is 0 Å². The van der Waals surface area contributed by atoms with Gasteiger partial charge in [0.15, 0.2) is 5.65 Å². The van der Waals surface area contributed by atoms with Gasteiger partial charge in [-0.3, -0.25) is 14.0 Å². The number of carbonyl (C=O) groups excluding carboxylic acids is 1. The maximum Gasteiger partial charge on any atom is 0.275 e. The van der Waals surface area contributed by atoms with E-state index in [1.165, 1.54) is 22.2 Å². The first-order chi connectivity index (χ1) is 11.6. The van der Waals surface area contributed by atoms with E-state index in [1.54, 1.807) is 18.3 Å². The molecule has 1 fully saturated rings. The summed E-state index contributed by atoms with van der Waals surface area (Å²) in [4.78, 5) is 29.9. The van der Waals surface area contributed by atoms with E-state index < -0.39 is 0 Å². The molecule has 0 spiro atoms. The summed E-state index contributed by atoms with van der Waals surface area (Å²) in [5, 5.41) is 5.00. The third-order valence-corrected chi connectivity index (χ3v) is 5.82. The summed E-state index contributed by atoms with van der Waals surface area (Å²) in [7, 11) is 0. The van der Waals surface area contributed by atoms with Gasteiger partial charge in [0.05, 0.1) is 11.1 Å². The van der Waals surface area contributed by atoms with E-state index in [9.17, 15) is 9.59 Å². The SMILES string of the molecule is C[C@@H]1CCCC[C@H]1NC(=O)c1cccn2c(=O)c3sccc3nc12. The van der Waals surface area contributed by atoms with E-state index in [1.807, 2.05) is 11.4 Å². The Hall–Kier alpha value is -2.21. The molecule has 0 aliphatic heterocycles. The molecule has 2 atom stereocenters. The molecular weight excluding hydrogens is 322 g/mol. The lowest BCUT2D eigenvalue weighted by molar-refractivity contribution is 0.0911. The lowest BCUT2D eigenvalue weighted by Gasteiger charge is -2.29. The number of nitrogens with one attached hydrogen (secondary N) is 1. The molecule has 0 radical (unpaired) electrons. The molecule has 24 heavy (non-hydrogen) atoms. The van der Waals surface area contributed by atoms with E-state index >= 15 is 0 Å². The molecular formula is C18H19N3O2S. The average molecular weight is 341 g/mol. The van der Waals surface area contributed by atoms with Crippen LogP contribution in [-0.2, 0) is 0 Å². The Labute approximate surface area is 143 Å². The standard InChI is InChI=1S/C18H19N3O2S/c1-11-5-2-3-7-13(11)20-17(22)12-6-4-9-21-16(12)19-14-8-10-24-15(14)18(21)23/h4,6,8-11,13H,2-3,5,7H2,1H3,(H,20,22)/t11-,13-/m1/s1. The fourth-order valence-electron chi connectivity index (χ4n) is 3.51. The summed E-state index contributed by atoms with van der Waals surface area (Å²) in [5.41, 5.74) is 1.41. The summed E-state index contributed by atoms with van der Waals surface area (Å²) in [6.45, 7) is 2.19. The lowest BCUT2D eigenvalue weighted by atomic mass is 9.86. The molecule has 124 valence electrons. The first-order valence-corrected chi connectivity index (χ1v) is 9.22. The van der Waals surface area contributed by atoms with Gasteiger partial charge >= 0.3 is 0 Å². The topological polar surface area (TPSA) is 63.5 Å². The van der Waals surface area contributed by atoms with Crippen molar-refractivity contribution in [2.75, 3.05) is 0 Å². The van der Waals surface area contributed by atoms with E-state index in [0.29, 0.717) is 27.3 Å². The van der Waals surface area contributed by atoms with Gasteiger partial charge in [-0.1, -0.05) is 19.8 Å². The summed E-state index contributed by atoms with van der Waals surface area (Å²) >= 11 is 1.38. The summed E-state index contributed by atoms with van der Waals surface area (Å²) in [6, 6.07) is 5.49. The molecule has 0 saturated heterocycles. The first kappa shape index (κ1) is 15.3. The number of thiophene rings is 1. The molecule has 1 aliphatic carbocycles. The van der Waals surface area contributed by atoms with Gasteiger partial charge in [0.25, 0.3) is 11.5 Å². The molecule has 1 saturated carbocycles. The van der Waals surface area contributed by atoms with E-state index in [-0.39, 0.29) is 17.5 Å². The highest BCUT2D eigenvalue weighted by Crippen LogP contribution is 2.24. The Morgan fingerprint density at radius 3 is 3.00 bits per heavy atom. The van der Waals surface area contributed by atoms with Crippen LogP contribution in [0.15, 0.2) is 34.6 Å². The normalized spacial score (nSPS) is 21.2. The Bertz CT molecular complexity index is 975. The van der Waals surface area contributed by atoms with Gasteiger partial charge < -0.3 is 5.32 Å². The molecule has 1 aliphatic rings. The summed E-state index contributed by atoms with van der Waals surface area (Å²) in [6.07, 6.45) is 6.21. The second kappa shape index (κ2) is 6.02. The third-order valence-electron chi connectivity index (χ3n) is 4.92. The molecule has 3 heterocycles. The Morgan fingerprint density at radius 2 is 2.17 bits per heavy atom. The van der Waals surface area contributed by atoms with Crippen molar-refractivity contribution in [3.8, 4) is 0 Å². The Balaban J connectivity index is 1.77. The predicted molar refractivity (Wildman–Crippen MR) is 95.7 cm³/mol. The Kier molecular flexibility index (Phi) is 3.84. The van der Waals surface area contributed by atoms with Crippen LogP contribution in [0.4, 0.5) is 0 Å². The molecule has 1 amide bonds. The second-order valence-electron chi connectivity index (χ2n) is 6.51. The molecule has 0 unspecified atom stereocenters. The number of amides is 1. The van der Waals surface area contributed by atoms with Crippen molar-refractivity contribution < 1.29 is 4.79 Å². The van der Waals surface area contributed by atoms with Crippen LogP contribution in [0.1, 0.15) is 43.0 Å². The molecule has 5 nitrogen and oxygen atoms in total. The molecule has 0 bridgehead atoms. The highest BCUT2D eigenvalue weighted by molar-refractivity contribution is 7.17. The fourth-order valence-corrected chi connectivity index (χ4v) is 4.27. The molecule has 3 aromatic rings. The van der Waals surface area contributed by atoms with Crippen LogP contribution < -0.4 is 10.9 Å². The quantitative estimate of drug-likeness (QED) is 0.778. The molecule has 1 N–H and O–H groups in total. The molecule has 3 aromatic heterocycles. The van der Waals surface area contributed by atoms with Gasteiger partial charge in [-0.2, -0.15) is 0 Å². The van der Waals surface area contributed by atoms with Crippen molar-refractivity contribution in [3.63, 3.8) is 0 Å². The Morgan fingerprint density at radius 1 is 1.33 bits per heavy atom. The zero-order chi connectivity index (χ0) is 16.7. The van der Waals surface area contributed by atoms with Crippen LogP contribution in [0, 0.1) is 5.92 Å². The van der Waals surface area contributed by atoms with Crippen LogP contribution in [0.2, 0.25) is 0 Å². The van der Waals surface area contributed by atoms with Crippen molar-refractivity contribution in [2.45, 2.75) is 38.6 Å². The third kappa shape index (κ3) is 2.51. The summed E-state index contributed by atoms with van der Waals surface area (Å²) in [5.74, 6) is 0.338. The maximum absolute atomic E-state index is 12.8. The largest absolute Gasteiger partial charge is 0.349 e. The van der Waals surface area contributed by atoms with Gasteiger partial charge in [-0.25, -0.2) is 4.98 Å². The van der Waals surface area contributed by atoms with Crippen molar-refractivity contribution in [2.24, 2.45) is 5.92 Å². The second-order valence-corrected chi connectivity index (χ2v) is 7.43. The van der Waals surface area contributed by atoms with Gasteiger partial charge in [0.1, 0.15) is 4.70 Å². The minimum atomic E-state index is -0.145. The monoisotopic (exact) mass is 341 g/mol. The average Bonchev–Trinajstić information content (AvgIpc) is 3.05. The van der Waals surface area contributed by atoms with Gasteiger partial charge in [0.2, 0.25) is 0 Å². The lowest BCUT2D eigenvalue weighted by Crippen LogP contribution is -2.41. The molecule has 6 heteroatoms. The first-order valence-electron chi connectivity index (χ1n) is 8.34. The minimum absolute atomic E-state index is 0.120. The van der Waals surface area contributed by atoms with Crippen molar-refractivity contribution >= 4 is 33.1 Å². The zero-order valence-electron chi connectivity index (χ0n) is 13.5. The van der Waals surface area contributed by atoms with Crippen LogP contribution in [-0.4, -0.2) is 21.3 Å². The zero-order valence-corrected chi connectivity index (χ0v) is 14.3. The van der Waals surface area contributed by atoms with Gasteiger partial charge in [-0.15, -0.1) is 11.3 Å². The van der Waals surface area contributed by atoms with Crippen LogP contribution >= 0.6 is 11.3 Å². The minimum Gasteiger partial charge on any atom is -0.349 e. The number of fused-ring (bicyclic) bond motifs is 2. The van der Waals surface area contributed by atoms with Crippen molar-refractivity contribution in [1.29, 1.82) is 0 Å². The van der Waals surface area contributed by atoms with E-state index in [4.69, 9.17) is 0 Å². The van der Waals surface area contributed by atoms with Crippen molar-refractivity contribution in [1.82, 2.24) is 14.7 Å². The highest BCUT2D eigenvalue weighted by Gasteiger charge is 2.24. The summed E-state index contributed by atoms with van der Waals surface area (Å²) < 4.78 is 2.09. The van der Waals surface area contributed by atoms with E-state index in [2.05, 4.69) is 17.2 Å². The number of hydrogen-bond donors (Lipinski definition) is 1. The number of hydrogen-bond acceptors (Lipinski definition) is 4. The van der Waals surface area contributed by atoms with Crippen LogP contribution in [0.3, 0.4) is 0 Å². The number of carbonyl (C=O) groups is 1. The number of nitrogens with zero attached hydrogens (tertiary/aromatic N) is 2. The number of aromatic nitrogens is 2.